The van der Waals surface area contributed by atoms with Crippen LogP contribution < -0.4 is 5.32 Å². The van der Waals surface area contributed by atoms with Crippen LogP contribution in [0.4, 0.5) is 0 Å². The lowest BCUT2D eigenvalue weighted by atomic mass is 9.86. The van der Waals surface area contributed by atoms with Crippen molar-refractivity contribution in [2.24, 2.45) is 5.92 Å². The van der Waals surface area contributed by atoms with Gasteiger partial charge in [0.25, 0.3) is 0 Å². The minimum Gasteiger partial charge on any atom is -0.396 e. The molecule has 3 nitrogen and oxygen atoms in total. The quantitative estimate of drug-likeness (QED) is 0.838. The number of aliphatic hydroxyl groups excluding tert-OH is 1. The van der Waals surface area contributed by atoms with Crippen molar-refractivity contribution < 1.29 is 9.90 Å². The number of halogens is 1. The van der Waals surface area contributed by atoms with Crippen molar-refractivity contribution in [3.8, 4) is 0 Å². The van der Waals surface area contributed by atoms with Gasteiger partial charge in [-0.15, -0.1) is 0 Å². The molecule has 1 amide bonds. The number of amides is 1. The molecule has 0 heterocycles. The third-order valence-electron chi connectivity index (χ3n) is 4.05. The normalized spacial score (nSPS) is 22.9. The van der Waals surface area contributed by atoms with Crippen molar-refractivity contribution in [1.82, 2.24) is 5.32 Å². The Morgan fingerprint density at radius 1 is 1.29 bits per heavy atom. The molecule has 0 unspecified atom stereocenters. The summed E-state index contributed by atoms with van der Waals surface area (Å²) in [6, 6.07) is 7.65. The van der Waals surface area contributed by atoms with Gasteiger partial charge in [-0.2, -0.15) is 0 Å². The zero-order valence-electron chi connectivity index (χ0n) is 12.3. The van der Waals surface area contributed by atoms with Crippen LogP contribution in [0.1, 0.15) is 38.2 Å². The molecule has 1 aromatic carbocycles. The minimum atomic E-state index is -0.0163. The third kappa shape index (κ3) is 4.87. The zero-order chi connectivity index (χ0) is 15.2. The summed E-state index contributed by atoms with van der Waals surface area (Å²) < 4.78 is 0. The van der Waals surface area contributed by atoms with Gasteiger partial charge in [-0.3, -0.25) is 4.79 Å². The Labute approximate surface area is 131 Å². The van der Waals surface area contributed by atoms with Gasteiger partial charge in [0, 0.05) is 23.2 Å². The second kappa shape index (κ2) is 7.62. The molecule has 1 fully saturated rings. The molecule has 1 aromatic rings. The molecule has 0 spiro atoms. The first kappa shape index (κ1) is 16.1. The topological polar surface area (TPSA) is 49.3 Å². The maximum atomic E-state index is 12.2. The van der Waals surface area contributed by atoms with Crippen molar-refractivity contribution in [2.45, 2.75) is 38.6 Å². The fourth-order valence-corrected chi connectivity index (χ4v) is 2.79. The molecule has 4 heteroatoms. The van der Waals surface area contributed by atoms with Crippen LogP contribution in [0.3, 0.4) is 0 Å². The number of carbonyl (C=O) groups is 1. The Hall–Kier alpha value is -1.32. The average Bonchev–Trinajstić information content (AvgIpc) is 2.50. The molecular weight excluding hydrogens is 286 g/mol. The van der Waals surface area contributed by atoms with Crippen LogP contribution in [-0.2, 0) is 4.79 Å². The van der Waals surface area contributed by atoms with E-state index >= 15 is 0 Å². The van der Waals surface area contributed by atoms with Gasteiger partial charge in [0.2, 0.25) is 5.91 Å². The summed E-state index contributed by atoms with van der Waals surface area (Å²) in [5, 5.41) is 12.9. The summed E-state index contributed by atoms with van der Waals surface area (Å²) in [6.45, 7) is 2.08. The van der Waals surface area contributed by atoms with Crippen LogP contribution in [0, 0.1) is 5.92 Å². The Kier molecular flexibility index (Phi) is 5.83. The molecule has 0 aliphatic heterocycles. The third-order valence-corrected chi connectivity index (χ3v) is 4.30. The van der Waals surface area contributed by atoms with E-state index in [0.717, 1.165) is 31.2 Å². The second-order valence-electron chi connectivity index (χ2n) is 5.75. The number of benzene rings is 1. The summed E-state index contributed by atoms with van der Waals surface area (Å²) in [7, 11) is 0. The van der Waals surface area contributed by atoms with Crippen molar-refractivity contribution >= 4 is 23.6 Å². The van der Waals surface area contributed by atoms with E-state index < -0.39 is 0 Å². The molecule has 21 heavy (non-hydrogen) atoms. The number of carbonyl (C=O) groups excluding carboxylic acids is 1. The highest BCUT2D eigenvalue weighted by Crippen LogP contribution is 2.24. The molecule has 1 saturated carbocycles. The van der Waals surface area contributed by atoms with Crippen LogP contribution in [0.15, 0.2) is 29.8 Å². The van der Waals surface area contributed by atoms with Gasteiger partial charge in [-0.1, -0.05) is 23.7 Å². The minimum absolute atomic E-state index is 0.0163. The van der Waals surface area contributed by atoms with Gasteiger partial charge >= 0.3 is 0 Å². The van der Waals surface area contributed by atoms with Gasteiger partial charge in [0.1, 0.15) is 0 Å². The number of rotatable bonds is 4. The van der Waals surface area contributed by atoms with Crippen LogP contribution in [0.5, 0.6) is 0 Å². The lowest BCUT2D eigenvalue weighted by molar-refractivity contribution is -0.118. The standard InChI is InChI=1S/C17H22ClNO2/c1-12(10-13-2-6-15(18)7-3-13)17(21)19-16-8-4-14(11-20)5-9-16/h2-3,6-7,10,14,16,20H,4-5,8-9,11H2,1H3,(H,19,21)/b12-10-. The molecule has 114 valence electrons. The number of nitrogens with one attached hydrogen (secondary N) is 1. The predicted molar refractivity (Wildman–Crippen MR) is 86.1 cm³/mol. The summed E-state index contributed by atoms with van der Waals surface area (Å²) in [6.07, 6.45) is 5.74. The molecule has 0 bridgehead atoms. The van der Waals surface area contributed by atoms with Gasteiger partial charge in [-0.05, 0) is 62.3 Å². The van der Waals surface area contributed by atoms with E-state index in [1.807, 2.05) is 37.3 Å². The molecule has 0 radical (unpaired) electrons. The fourth-order valence-electron chi connectivity index (χ4n) is 2.66. The predicted octanol–water partition coefficient (Wildman–Crippen LogP) is 3.41. The maximum Gasteiger partial charge on any atom is 0.247 e. The van der Waals surface area contributed by atoms with Gasteiger partial charge in [0.15, 0.2) is 0 Å². The number of hydrogen-bond donors (Lipinski definition) is 2. The van der Waals surface area contributed by atoms with E-state index in [1.165, 1.54) is 0 Å². The van der Waals surface area contributed by atoms with E-state index in [-0.39, 0.29) is 18.6 Å². The average molecular weight is 308 g/mol. The summed E-state index contributed by atoms with van der Waals surface area (Å²) in [4.78, 5) is 12.2. The smallest absolute Gasteiger partial charge is 0.247 e. The molecule has 0 aromatic heterocycles. The highest BCUT2D eigenvalue weighted by molar-refractivity contribution is 6.30. The first-order chi connectivity index (χ1) is 10.1. The van der Waals surface area contributed by atoms with Crippen molar-refractivity contribution in [3.05, 3.63) is 40.4 Å². The Morgan fingerprint density at radius 2 is 1.90 bits per heavy atom. The Morgan fingerprint density at radius 3 is 2.48 bits per heavy atom. The zero-order valence-corrected chi connectivity index (χ0v) is 13.1. The number of aliphatic hydroxyl groups is 1. The van der Waals surface area contributed by atoms with Crippen molar-refractivity contribution in [1.29, 1.82) is 0 Å². The lowest BCUT2D eigenvalue weighted by Crippen LogP contribution is -2.38. The van der Waals surface area contributed by atoms with Crippen molar-refractivity contribution in [3.63, 3.8) is 0 Å². The Balaban J connectivity index is 1.89. The molecular formula is C17H22ClNO2. The van der Waals surface area contributed by atoms with E-state index in [9.17, 15) is 4.79 Å². The van der Waals surface area contributed by atoms with Gasteiger partial charge < -0.3 is 10.4 Å². The molecule has 1 aliphatic carbocycles. The van der Waals surface area contributed by atoms with Gasteiger partial charge in [0.05, 0.1) is 0 Å². The molecule has 2 rings (SSSR count). The van der Waals surface area contributed by atoms with E-state index in [1.54, 1.807) is 0 Å². The molecule has 0 atom stereocenters. The summed E-state index contributed by atoms with van der Waals surface area (Å²) >= 11 is 5.85. The summed E-state index contributed by atoms with van der Waals surface area (Å²) in [5.41, 5.74) is 1.66. The highest BCUT2D eigenvalue weighted by atomic mass is 35.5. The molecule has 0 saturated heterocycles. The second-order valence-corrected chi connectivity index (χ2v) is 6.19. The van der Waals surface area contributed by atoms with E-state index in [2.05, 4.69) is 5.32 Å². The van der Waals surface area contributed by atoms with Crippen LogP contribution in [0.25, 0.3) is 6.08 Å². The fraction of sp³-hybridized carbons (Fsp3) is 0.471. The van der Waals surface area contributed by atoms with Crippen LogP contribution >= 0.6 is 11.6 Å². The molecule has 2 N–H and O–H groups in total. The number of hydrogen-bond acceptors (Lipinski definition) is 2. The first-order valence-corrected chi connectivity index (χ1v) is 7.82. The first-order valence-electron chi connectivity index (χ1n) is 7.44. The van der Waals surface area contributed by atoms with Crippen LogP contribution in [0.2, 0.25) is 5.02 Å². The van der Waals surface area contributed by atoms with E-state index in [4.69, 9.17) is 16.7 Å². The maximum absolute atomic E-state index is 12.2. The lowest BCUT2D eigenvalue weighted by Gasteiger charge is -2.28. The van der Waals surface area contributed by atoms with E-state index in [0.29, 0.717) is 16.5 Å². The van der Waals surface area contributed by atoms with Gasteiger partial charge in [-0.25, -0.2) is 0 Å². The monoisotopic (exact) mass is 307 g/mol. The summed E-state index contributed by atoms with van der Waals surface area (Å²) in [5.74, 6) is 0.390. The molecule has 1 aliphatic rings. The van der Waals surface area contributed by atoms with Crippen molar-refractivity contribution in [2.75, 3.05) is 6.61 Å². The van der Waals surface area contributed by atoms with Crippen LogP contribution in [-0.4, -0.2) is 23.7 Å². The highest BCUT2D eigenvalue weighted by Gasteiger charge is 2.22. The SMILES string of the molecule is C/C(=C/c1ccc(Cl)cc1)C(=O)NC1CCC(CO)CC1. The largest absolute Gasteiger partial charge is 0.396 e. The Bertz CT molecular complexity index is 502.